The summed E-state index contributed by atoms with van der Waals surface area (Å²) in [5.41, 5.74) is 1.98. The number of fused-ring (bicyclic) bond motifs is 1. The summed E-state index contributed by atoms with van der Waals surface area (Å²) in [4.78, 5) is 19.4. The second-order valence-electron chi connectivity index (χ2n) is 8.88. The van der Waals surface area contributed by atoms with Crippen molar-refractivity contribution >= 4 is 24.2 Å². The number of carbonyl (C=O) groups is 1. The van der Waals surface area contributed by atoms with Crippen molar-refractivity contribution in [2.24, 2.45) is 5.92 Å². The monoisotopic (exact) mass is 372 g/mol. The Morgan fingerprint density at radius 1 is 1.22 bits per heavy atom. The van der Waals surface area contributed by atoms with E-state index < -0.39 is 18.3 Å². The van der Waals surface area contributed by atoms with Crippen molar-refractivity contribution in [1.82, 2.24) is 4.98 Å². The molecule has 0 atom stereocenters. The average molecular weight is 372 g/mol. The maximum absolute atomic E-state index is 12.9. The topological polar surface area (TPSA) is 60.9 Å². The van der Waals surface area contributed by atoms with Gasteiger partial charge in [0.15, 0.2) is 0 Å². The van der Waals surface area contributed by atoms with Crippen molar-refractivity contribution in [3.05, 3.63) is 18.0 Å². The molecule has 0 saturated carbocycles. The minimum atomic E-state index is -0.458. The molecule has 146 valence electrons. The van der Waals surface area contributed by atoms with Crippen molar-refractivity contribution in [3.8, 4) is 0 Å². The first kappa shape index (κ1) is 18.9. The van der Waals surface area contributed by atoms with Gasteiger partial charge in [0, 0.05) is 44.3 Å². The van der Waals surface area contributed by atoms with Crippen molar-refractivity contribution < 1.29 is 18.8 Å². The quantitative estimate of drug-likeness (QED) is 0.761. The molecule has 1 aromatic heterocycles. The van der Waals surface area contributed by atoms with E-state index in [1.807, 2.05) is 44.9 Å². The van der Waals surface area contributed by atoms with Gasteiger partial charge in [-0.15, -0.1) is 0 Å². The number of rotatable bonds is 3. The summed E-state index contributed by atoms with van der Waals surface area (Å²) in [5.74, 6) is 0.614. The normalized spacial score (nSPS) is 24.3. The summed E-state index contributed by atoms with van der Waals surface area (Å²) in [5, 5.41) is 0. The molecular formula is C20H29BN2O4. The van der Waals surface area contributed by atoms with Crippen LogP contribution in [-0.2, 0) is 25.3 Å². The van der Waals surface area contributed by atoms with Crippen LogP contribution >= 0.6 is 0 Å². The number of amides is 1. The van der Waals surface area contributed by atoms with Gasteiger partial charge in [0.05, 0.1) is 22.6 Å². The lowest BCUT2D eigenvalue weighted by Gasteiger charge is -2.32. The Balaban J connectivity index is 1.51. The Hall–Kier alpha value is -1.44. The number of ether oxygens (including phenoxy) is 1. The maximum Gasteiger partial charge on any atom is 0.496 e. The maximum atomic E-state index is 12.9. The van der Waals surface area contributed by atoms with E-state index in [4.69, 9.17) is 14.0 Å². The van der Waals surface area contributed by atoms with Crippen LogP contribution in [0.25, 0.3) is 0 Å². The zero-order valence-corrected chi connectivity index (χ0v) is 16.8. The van der Waals surface area contributed by atoms with Gasteiger partial charge in [-0.2, -0.15) is 0 Å². The molecule has 3 aliphatic rings. The van der Waals surface area contributed by atoms with Gasteiger partial charge in [-0.05, 0) is 52.5 Å². The van der Waals surface area contributed by atoms with Crippen LogP contribution in [0.3, 0.4) is 0 Å². The van der Waals surface area contributed by atoms with Gasteiger partial charge in [0.25, 0.3) is 0 Å². The molecule has 2 saturated heterocycles. The fourth-order valence-corrected chi connectivity index (χ4v) is 3.94. The standard InChI is InChI=1S/C20H29BN2O4/c1-19(2)20(3,4)27-21(26-19)15-12-17-16(22-13-15)5-8-23(17)18(24)11-14-6-9-25-10-7-14/h12-14H,5-11H2,1-4H3. The average Bonchev–Trinajstić information content (AvgIpc) is 3.13. The summed E-state index contributed by atoms with van der Waals surface area (Å²) in [6.45, 7) is 10.4. The number of nitrogens with zero attached hydrogens (tertiary/aromatic N) is 2. The Morgan fingerprint density at radius 3 is 2.56 bits per heavy atom. The summed E-state index contributed by atoms with van der Waals surface area (Å²) in [7, 11) is -0.458. The molecule has 27 heavy (non-hydrogen) atoms. The Labute approximate surface area is 161 Å². The third kappa shape index (κ3) is 3.53. The van der Waals surface area contributed by atoms with Gasteiger partial charge in [-0.1, -0.05) is 0 Å². The minimum absolute atomic E-state index is 0.188. The van der Waals surface area contributed by atoms with E-state index in [2.05, 4.69) is 4.98 Å². The van der Waals surface area contributed by atoms with Gasteiger partial charge in [-0.25, -0.2) is 0 Å². The van der Waals surface area contributed by atoms with Gasteiger partial charge in [0.1, 0.15) is 0 Å². The van der Waals surface area contributed by atoms with E-state index in [0.717, 1.165) is 49.3 Å². The van der Waals surface area contributed by atoms with Crippen LogP contribution in [0.1, 0.15) is 52.7 Å². The van der Waals surface area contributed by atoms with Gasteiger partial charge in [0.2, 0.25) is 5.91 Å². The highest BCUT2D eigenvalue weighted by atomic mass is 16.7. The van der Waals surface area contributed by atoms with Crippen LogP contribution in [0, 0.1) is 5.92 Å². The van der Waals surface area contributed by atoms with Gasteiger partial charge in [-0.3, -0.25) is 9.78 Å². The first-order valence-electron chi connectivity index (χ1n) is 9.99. The van der Waals surface area contributed by atoms with Crippen molar-refractivity contribution in [3.63, 3.8) is 0 Å². The molecule has 0 aromatic carbocycles. The van der Waals surface area contributed by atoms with Crippen LogP contribution in [-0.4, -0.2) is 49.0 Å². The van der Waals surface area contributed by atoms with E-state index in [1.165, 1.54) is 0 Å². The molecule has 7 heteroatoms. The number of anilines is 1. The second-order valence-corrected chi connectivity index (χ2v) is 8.88. The van der Waals surface area contributed by atoms with Crippen LogP contribution in [0.2, 0.25) is 0 Å². The van der Waals surface area contributed by atoms with Crippen molar-refractivity contribution in [2.45, 2.75) is 64.6 Å². The fraction of sp³-hybridized carbons (Fsp3) is 0.700. The Kier molecular flexibility index (Phi) is 4.81. The lowest BCUT2D eigenvalue weighted by atomic mass is 9.80. The molecule has 0 aliphatic carbocycles. The minimum Gasteiger partial charge on any atom is -0.399 e. The van der Waals surface area contributed by atoms with Crippen molar-refractivity contribution in [2.75, 3.05) is 24.7 Å². The van der Waals surface area contributed by atoms with Crippen LogP contribution < -0.4 is 10.4 Å². The molecule has 4 rings (SSSR count). The SMILES string of the molecule is CC1(C)OB(c2cnc3c(c2)N(C(=O)CC2CCOCC2)CC3)OC1(C)C. The van der Waals surface area contributed by atoms with E-state index >= 15 is 0 Å². The summed E-state index contributed by atoms with van der Waals surface area (Å²) < 4.78 is 17.7. The summed E-state index contributed by atoms with van der Waals surface area (Å²) in [6.07, 6.45) is 5.16. The lowest BCUT2D eigenvalue weighted by Crippen LogP contribution is -2.41. The van der Waals surface area contributed by atoms with Crippen molar-refractivity contribution in [1.29, 1.82) is 0 Å². The molecule has 0 unspecified atom stereocenters. The third-order valence-corrected chi connectivity index (χ3v) is 6.46. The van der Waals surface area contributed by atoms with E-state index in [9.17, 15) is 4.79 Å². The first-order valence-corrected chi connectivity index (χ1v) is 9.99. The van der Waals surface area contributed by atoms with E-state index in [0.29, 0.717) is 18.9 Å². The number of hydrogen-bond donors (Lipinski definition) is 0. The predicted molar refractivity (Wildman–Crippen MR) is 104 cm³/mol. The van der Waals surface area contributed by atoms with Crippen LogP contribution in [0.15, 0.2) is 12.3 Å². The molecule has 3 aliphatic heterocycles. The number of aromatic nitrogens is 1. The Morgan fingerprint density at radius 2 is 1.89 bits per heavy atom. The Bertz CT molecular complexity index is 715. The zero-order chi connectivity index (χ0) is 19.2. The van der Waals surface area contributed by atoms with Gasteiger partial charge < -0.3 is 18.9 Å². The highest BCUT2D eigenvalue weighted by Gasteiger charge is 2.52. The summed E-state index contributed by atoms with van der Waals surface area (Å²) in [6, 6.07) is 2.03. The first-order chi connectivity index (χ1) is 12.8. The number of carbonyl (C=O) groups excluding carboxylic acids is 1. The smallest absolute Gasteiger partial charge is 0.399 e. The molecule has 6 nitrogen and oxygen atoms in total. The van der Waals surface area contributed by atoms with E-state index in [-0.39, 0.29) is 5.91 Å². The number of pyridine rings is 1. The lowest BCUT2D eigenvalue weighted by molar-refractivity contribution is -0.120. The molecule has 0 spiro atoms. The van der Waals surface area contributed by atoms with Crippen LogP contribution in [0.4, 0.5) is 5.69 Å². The molecule has 0 N–H and O–H groups in total. The molecule has 4 heterocycles. The van der Waals surface area contributed by atoms with Gasteiger partial charge >= 0.3 is 7.12 Å². The summed E-state index contributed by atoms with van der Waals surface area (Å²) >= 11 is 0. The molecular weight excluding hydrogens is 343 g/mol. The second kappa shape index (κ2) is 6.87. The predicted octanol–water partition coefficient (Wildman–Crippen LogP) is 2.09. The zero-order valence-electron chi connectivity index (χ0n) is 16.8. The van der Waals surface area contributed by atoms with E-state index in [1.54, 1.807) is 0 Å². The highest BCUT2D eigenvalue weighted by Crippen LogP contribution is 2.37. The molecule has 2 fully saturated rings. The molecule has 0 radical (unpaired) electrons. The third-order valence-electron chi connectivity index (χ3n) is 6.46. The molecule has 1 amide bonds. The molecule has 0 bridgehead atoms. The van der Waals surface area contributed by atoms with Crippen LogP contribution in [0.5, 0.6) is 0 Å². The highest BCUT2D eigenvalue weighted by molar-refractivity contribution is 6.62. The largest absolute Gasteiger partial charge is 0.496 e. The number of hydrogen-bond acceptors (Lipinski definition) is 5. The molecule has 1 aromatic rings. The fourth-order valence-electron chi connectivity index (χ4n) is 3.94.